The van der Waals surface area contributed by atoms with Gasteiger partial charge in [-0.3, -0.25) is 9.38 Å². The van der Waals surface area contributed by atoms with E-state index < -0.39 is 0 Å². The van der Waals surface area contributed by atoms with E-state index in [2.05, 4.69) is 32.8 Å². The van der Waals surface area contributed by atoms with Crippen molar-refractivity contribution in [3.63, 3.8) is 0 Å². The first-order valence-electron chi connectivity index (χ1n) is 3.79. The van der Waals surface area contributed by atoms with Crippen molar-refractivity contribution in [2.75, 3.05) is 0 Å². The van der Waals surface area contributed by atoms with Crippen LogP contribution in [0.25, 0.3) is 5.52 Å². The van der Waals surface area contributed by atoms with Gasteiger partial charge in [0.1, 0.15) is 10.4 Å². The molecule has 0 N–H and O–H groups in total. The molecular formula is C8H8BrN3. The fourth-order valence-electron chi connectivity index (χ4n) is 1.21. The van der Waals surface area contributed by atoms with E-state index in [1.54, 1.807) is 12.4 Å². The minimum atomic E-state index is 0.868. The molecule has 4 heteroatoms. The van der Waals surface area contributed by atoms with Crippen molar-refractivity contribution in [2.45, 2.75) is 13.3 Å². The predicted octanol–water partition coefficient (Wildman–Crippen LogP) is 2.05. The van der Waals surface area contributed by atoms with E-state index in [4.69, 9.17) is 0 Å². The van der Waals surface area contributed by atoms with Crippen LogP contribution in [0.1, 0.15) is 12.7 Å². The standard InChI is InChI=1S/C8H8BrN3/c1-2-7-11-8(9)6-5-10-3-4-12(6)7/h3-5H,2H2,1H3. The second-order valence-electron chi connectivity index (χ2n) is 2.50. The van der Waals surface area contributed by atoms with Crippen LogP contribution in [0, 0.1) is 0 Å². The third-order valence-electron chi connectivity index (χ3n) is 1.79. The zero-order valence-electron chi connectivity index (χ0n) is 6.66. The predicted molar refractivity (Wildman–Crippen MR) is 50.1 cm³/mol. The summed E-state index contributed by atoms with van der Waals surface area (Å²) in [5.74, 6) is 1.05. The molecule has 0 radical (unpaired) electrons. The van der Waals surface area contributed by atoms with Crippen LogP contribution in [-0.4, -0.2) is 14.4 Å². The van der Waals surface area contributed by atoms with Crippen LogP contribution >= 0.6 is 15.9 Å². The molecule has 12 heavy (non-hydrogen) atoms. The summed E-state index contributed by atoms with van der Waals surface area (Å²) in [7, 11) is 0. The van der Waals surface area contributed by atoms with Crippen molar-refractivity contribution in [2.24, 2.45) is 0 Å². The van der Waals surface area contributed by atoms with Crippen molar-refractivity contribution < 1.29 is 0 Å². The molecule has 2 heterocycles. The van der Waals surface area contributed by atoms with Crippen molar-refractivity contribution in [1.82, 2.24) is 14.4 Å². The van der Waals surface area contributed by atoms with Crippen molar-refractivity contribution >= 4 is 21.4 Å². The lowest BCUT2D eigenvalue weighted by Crippen LogP contribution is -1.91. The Morgan fingerprint density at radius 2 is 2.42 bits per heavy atom. The van der Waals surface area contributed by atoms with E-state index in [9.17, 15) is 0 Å². The molecule has 0 atom stereocenters. The number of aromatic nitrogens is 3. The Bertz CT molecular complexity index is 408. The first-order chi connectivity index (χ1) is 5.83. The van der Waals surface area contributed by atoms with Gasteiger partial charge in [0.2, 0.25) is 0 Å². The van der Waals surface area contributed by atoms with E-state index in [0.29, 0.717) is 0 Å². The zero-order chi connectivity index (χ0) is 8.55. The first-order valence-corrected chi connectivity index (χ1v) is 4.58. The van der Waals surface area contributed by atoms with Crippen molar-refractivity contribution in [3.05, 3.63) is 29.0 Å². The van der Waals surface area contributed by atoms with Crippen LogP contribution in [0.2, 0.25) is 0 Å². The Kier molecular flexibility index (Phi) is 1.84. The number of hydrogen-bond acceptors (Lipinski definition) is 2. The third kappa shape index (κ3) is 1.03. The van der Waals surface area contributed by atoms with Gasteiger partial charge in [-0.2, -0.15) is 0 Å². The Morgan fingerprint density at radius 1 is 1.58 bits per heavy atom. The van der Waals surface area contributed by atoms with Gasteiger partial charge in [0.05, 0.1) is 11.7 Å². The molecular weight excluding hydrogens is 218 g/mol. The quantitative estimate of drug-likeness (QED) is 0.744. The molecule has 62 valence electrons. The fraction of sp³-hybridized carbons (Fsp3) is 0.250. The lowest BCUT2D eigenvalue weighted by molar-refractivity contribution is 0.925. The highest BCUT2D eigenvalue weighted by molar-refractivity contribution is 9.10. The van der Waals surface area contributed by atoms with Crippen LogP contribution in [-0.2, 0) is 6.42 Å². The van der Waals surface area contributed by atoms with Crippen molar-refractivity contribution in [1.29, 1.82) is 0 Å². The van der Waals surface area contributed by atoms with Gasteiger partial charge in [0.25, 0.3) is 0 Å². The average Bonchev–Trinajstić information content (AvgIpc) is 2.44. The first kappa shape index (κ1) is 7.73. The Balaban J connectivity index is 2.82. The summed E-state index contributed by atoms with van der Waals surface area (Å²) in [5, 5.41) is 0. The van der Waals surface area contributed by atoms with Crippen molar-refractivity contribution in [3.8, 4) is 0 Å². The molecule has 0 unspecified atom stereocenters. The molecule has 0 aliphatic rings. The highest BCUT2D eigenvalue weighted by atomic mass is 79.9. The summed E-state index contributed by atoms with van der Waals surface area (Å²) in [6.45, 7) is 2.08. The highest BCUT2D eigenvalue weighted by Crippen LogP contribution is 2.17. The number of halogens is 1. The molecule has 0 aliphatic heterocycles. The number of fused-ring (bicyclic) bond motifs is 1. The minimum absolute atomic E-state index is 0.868. The van der Waals surface area contributed by atoms with Gasteiger partial charge >= 0.3 is 0 Å². The summed E-state index contributed by atoms with van der Waals surface area (Å²) in [6.07, 6.45) is 6.42. The maximum absolute atomic E-state index is 4.35. The van der Waals surface area contributed by atoms with Crippen LogP contribution in [0.5, 0.6) is 0 Å². The molecule has 0 spiro atoms. The molecule has 0 saturated carbocycles. The Labute approximate surface area is 78.6 Å². The van der Waals surface area contributed by atoms with Gasteiger partial charge in [0.15, 0.2) is 0 Å². The topological polar surface area (TPSA) is 30.2 Å². The van der Waals surface area contributed by atoms with Gasteiger partial charge in [-0.15, -0.1) is 0 Å². The molecule has 0 saturated heterocycles. The number of rotatable bonds is 1. The van der Waals surface area contributed by atoms with Gasteiger partial charge < -0.3 is 0 Å². The van der Waals surface area contributed by atoms with Crippen LogP contribution in [0.15, 0.2) is 23.2 Å². The summed E-state index contributed by atoms with van der Waals surface area (Å²) in [5.41, 5.74) is 1.02. The number of hydrogen-bond donors (Lipinski definition) is 0. The molecule has 2 aromatic heterocycles. The summed E-state index contributed by atoms with van der Waals surface area (Å²) in [6, 6.07) is 0. The van der Waals surface area contributed by atoms with Gasteiger partial charge in [-0.1, -0.05) is 6.92 Å². The zero-order valence-corrected chi connectivity index (χ0v) is 8.24. The number of nitrogens with zero attached hydrogens (tertiary/aromatic N) is 3. The van der Waals surface area contributed by atoms with Crippen LogP contribution in [0.4, 0.5) is 0 Å². The normalized spacial score (nSPS) is 10.8. The van der Waals surface area contributed by atoms with E-state index in [1.165, 1.54) is 0 Å². The SMILES string of the molecule is CCc1nc(Br)c2cnccn12. The Morgan fingerprint density at radius 3 is 3.17 bits per heavy atom. The Hall–Kier alpha value is -0.900. The van der Waals surface area contributed by atoms with Gasteiger partial charge in [-0.25, -0.2) is 4.98 Å². The molecule has 0 amide bonds. The van der Waals surface area contributed by atoms with E-state index in [0.717, 1.165) is 22.4 Å². The maximum Gasteiger partial charge on any atom is 0.133 e. The number of imidazole rings is 1. The smallest absolute Gasteiger partial charge is 0.133 e. The molecule has 2 aromatic rings. The molecule has 3 nitrogen and oxygen atoms in total. The number of aryl methyl sites for hydroxylation is 1. The third-order valence-corrected chi connectivity index (χ3v) is 2.37. The molecule has 0 fully saturated rings. The summed E-state index contributed by atoms with van der Waals surface area (Å²) >= 11 is 3.39. The highest BCUT2D eigenvalue weighted by Gasteiger charge is 2.05. The lowest BCUT2D eigenvalue weighted by atomic mass is 10.4. The second-order valence-corrected chi connectivity index (χ2v) is 3.26. The summed E-state index contributed by atoms with van der Waals surface area (Å²) in [4.78, 5) is 8.38. The average molecular weight is 226 g/mol. The molecule has 0 aliphatic carbocycles. The fourth-order valence-corrected chi connectivity index (χ4v) is 1.71. The van der Waals surface area contributed by atoms with E-state index >= 15 is 0 Å². The van der Waals surface area contributed by atoms with E-state index in [-0.39, 0.29) is 0 Å². The monoisotopic (exact) mass is 225 g/mol. The summed E-state index contributed by atoms with van der Waals surface area (Å²) < 4.78 is 2.91. The molecule has 0 aromatic carbocycles. The molecule has 2 rings (SSSR count). The second kappa shape index (κ2) is 2.86. The van der Waals surface area contributed by atoms with E-state index in [1.807, 2.05) is 10.6 Å². The largest absolute Gasteiger partial charge is 0.300 e. The van der Waals surface area contributed by atoms with Gasteiger partial charge in [0, 0.05) is 18.8 Å². The minimum Gasteiger partial charge on any atom is -0.300 e. The van der Waals surface area contributed by atoms with Gasteiger partial charge in [-0.05, 0) is 15.9 Å². The van der Waals surface area contributed by atoms with Crippen LogP contribution < -0.4 is 0 Å². The molecule has 0 bridgehead atoms. The lowest BCUT2D eigenvalue weighted by Gasteiger charge is -1.94. The maximum atomic E-state index is 4.35. The van der Waals surface area contributed by atoms with Crippen LogP contribution in [0.3, 0.4) is 0 Å².